The van der Waals surface area contributed by atoms with Crippen molar-refractivity contribution in [1.29, 1.82) is 0 Å². The number of nitrogen functional groups attached to an aromatic ring is 1. The Kier molecular flexibility index (Phi) is 3.58. The van der Waals surface area contributed by atoms with E-state index in [9.17, 15) is 4.79 Å². The molecule has 3 nitrogen and oxygen atoms in total. The smallest absolute Gasteiger partial charge is 0.253 e. The summed E-state index contributed by atoms with van der Waals surface area (Å²) in [5, 5.41) is 2.88. The predicted molar refractivity (Wildman–Crippen MR) is 67.4 cm³/mol. The van der Waals surface area contributed by atoms with Crippen molar-refractivity contribution in [3.8, 4) is 0 Å². The zero-order valence-electron chi connectivity index (χ0n) is 10.4. The molecule has 0 aliphatic heterocycles. The molecule has 0 aliphatic carbocycles. The highest BCUT2D eigenvalue weighted by atomic mass is 16.1. The van der Waals surface area contributed by atoms with Crippen molar-refractivity contribution < 1.29 is 4.79 Å². The van der Waals surface area contributed by atoms with Gasteiger partial charge in [0.1, 0.15) is 0 Å². The van der Waals surface area contributed by atoms with Gasteiger partial charge in [-0.1, -0.05) is 26.8 Å². The van der Waals surface area contributed by atoms with E-state index in [1.807, 2.05) is 19.1 Å². The van der Waals surface area contributed by atoms with Crippen LogP contribution in [0.2, 0.25) is 0 Å². The zero-order valence-corrected chi connectivity index (χ0v) is 10.4. The van der Waals surface area contributed by atoms with Gasteiger partial charge in [-0.25, -0.2) is 0 Å². The molecule has 0 aromatic heterocycles. The van der Waals surface area contributed by atoms with Gasteiger partial charge in [0.05, 0.1) is 5.56 Å². The summed E-state index contributed by atoms with van der Waals surface area (Å²) in [4.78, 5) is 11.8. The van der Waals surface area contributed by atoms with Gasteiger partial charge in [0, 0.05) is 12.2 Å². The summed E-state index contributed by atoms with van der Waals surface area (Å²) in [6.45, 7) is 8.82. The Labute approximate surface area is 97.0 Å². The molecule has 0 fully saturated rings. The van der Waals surface area contributed by atoms with E-state index >= 15 is 0 Å². The molecule has 1 rings (SSSR count). The fourth-order valence-corrected chi connectivity index (χ4v) is 1.33. The standard InChI is InChI=1S/C13H20N2O/c1-9-5-6-10(11(14)7-9)12(16)15-8-13(2,3)4/h5-7H,8,14H2,1-4H3,(H,15,16). The quantitative estimate of drug-likeness (QED) is 0.752. The first-order valence-corrected chi connectivity index (χ1v) is 5.44. The van der Waals surface area contributed by atoms with Crippen molar-refractivity contribution in [3.05, 3.63) is 29.3 Å². The van der Waals surface area contributed by atoms with Gasteiger partial charge < -0.3 is 11.1 Å². The Morgan fingerprint density at radius 2 is 2.00 bits per heavy atom. The number of carbonyl (C=O) groups excluding carboxylic acids is 1. The van der Waals surface area contributed by atoms with E-state index in [-0.39, 0.29) is 11.3 Å². The summed E-state index contributed by atoms with van der Waals surface area (Å²) in [5.41, 5.74) is 8.02. The first kappa shape index (κ1) is 12.6. The summed E-state index contributed by atoms with van der Waals surface area (Å²) in [7, 11) is 0. The summed E-state index contributed by atoms with van der Waals surface area (Å²) < 4.78 is 0. The second-order valence-electron chi connectivity index (χ2n) is 5.33. The molecule has 0 radical (unpaired) electrons. The van der Waals surface area contributed by atoms with E-state index in [0.29, 0.717) is 17.8 Å². The molecule has 88 valence electrons. The van der Waals surface area contributed by atoms with Gasteiger partial charge in [0.15, 0.2) is 0 Å². The average Bonchev–Trinajstić information content (AvgIpc) is 2.13. The molecule has 0 aliphatic rings. The number of benzene rings is 1. The molecule has 0 saturated heterocycles. The largest absolute Gasteiger partial charge is 0.398 e. The van der Waals surface area contributed by atoms with Crippen LogP contribution in [0.1, 0.15) is 36.7 Å². The highest BCUT2D eigenvalue weighted by molar-refractivity contribution is 5.99. The van der Waals surface area contributed by atoms with Crippen LogP contribution in [-0.4, -0.2) is 12.5 Å². The number of hydrogen-bond acceptors (Lipinski definition) is 2. The number of carbonyl (C=O) groups is 1. The summed E-state index contributed by atoms with van der Waals surface area (Å²) in [6.07, 6.45) is 0. The van der Waals surface area contributed by atoms with E-state index in [1.165, 1.54) is 0 Å². The minimum absolute atomic E-state index is 0.0785. The van der Waals surface area contributed by atoms with E-state index in [2.05, 4.69) is 26.1 Å². The van der Waals surface area contributed by atoms with Gasteiger partial charge in [0.2, 0.25) is 0 Å². The highest BCUT2D eigenvalue weighted by Gasteiger charge is 2.14. The number of amides is 1. The lowest BCUT2D eigenvalue weighted by molar-refractivity contribution is 0.0940. The normalized spacial score (nSPS) is 11.2. The van der Waals surface area contributed by atoms with Crippen LogP contribution in [0.25, 0.3) is 0 Å². The third-order valence-corrected chi connectivity index (χ3v) is 2.23. The molecule has 1 aromatic rings. The molecule has 1 amide bonds. The third-order valence-electron chi connectivity index (χ3n) is 2.23. The Hall–Kier alpha value is -1.51. The second-order valence-corrected chi connectivity index (χ2v) is 5.33. The molecule has 16 heavy (non-hydrogen) atoms. The van der Waals surface area contributed by atoms with Crippen molar-refractivity contribution in [2.24, 2.45) is 5.41 Å². The van der Waals surface area contributed by atoms with Gasteiger partial charge in [-0.3, -0.25) is 4.79 Å². The van der Waals surface area contributed by atoms with Crippen LogP contribution >= 0.6 is 0 Å². The molecule has 1 aromatic carbocycles. The molecular formula is C13H20N2O. The van der Waals surface area contributed by atoms with Crippen molar-refractivity contribution in [1.82, 2.24) is 5.32 Å². The van der Waals surface area contributed by atoms with Crippen molar-refractivity contribution in [3.63, 3.8) is 0 Å². The van der Waals surface area contributed by atoms with E-state index < -0.39 is 0 Å². The van der Waals surface area contributed by atoms with Crippen LogP contribution < -0.4 is 11.1 Å². The Morgan fingerprint density at radius 3 is 2.50 bits per heavy atom. The fourth-order valence-electron chi connectivity index (χ4n) is 1.33. The molecule has 3 heteroatoms. The van der Waals surface area contributed by atoms with E-state index in [1.54, 1.807) is 6.07 Å². The Morgan fingerprint density at radius 1 is 1.38 bits per heavy atom. The molecule has 0 bridgehead atoms. The maximum atomic E-state index is 11.8. The molecule has 0 heterocycles. The summed E-state index contributed by atoms with van der Waals surface area (Å²) in [6, 6.07) is 5.47. The number of nitrogens with one attached hydrogen (secondary N) is 1. The number of aryl methyl sites for hydroxylation is 1. The van der Waals surface area contributed by atoms with Gasteiger partial charge in [-0.2, -0.15) is 0 Å². The first-order valence-electron chi connectivity index (χ1n) is 5.44. The van der Waals surface area contributed by atoms with Crippen LogP contribution in [0.3, 0.4) is 0 Å². The minimum atomic E-state index is -0.104. The lowest BCUT2D eigenvalue weighted by Crippen LogP contribution is -2.32. The maximum Gasteiger partial charge on any atom is 0.253 e. The van der Waals surface area contributed by atoms with Crippen LogP contribution in [0.15, 0.2) is 18.2 Å². The molecule has 0 saturated carbocycles. The molecule has 0 unspecified atom stereocenters. The predicted octanol–water partition coefficient (Wildman–Crippen LogP) is 2.35. The lowest BCUT2D eigenvalue weighted by atomic mass is 9.97. The van der Waals surface area contributed by atoms with Crippen LogP contribution in [0.5, 0.6) is 0 Å². The van der Waals surface area contributed by atoms with Crippen LogP contribution in [0.4, 0.5) is 5.69 Å². The zero-order chi connectivity index (χ0) is 12.3. The van der Waals surface area contributed by atoms with Gasteiger partial charge in [0.25, 0.3) is 5.91 Å². The fraction of sp³-hybridized carbons (Fsp3) is 0.462. The monoisotopic (exact) mass is 220 g/mol. The molecule has 0 spiro atoms. The minimum Gasteiger partial charge on any atom is -0.398 e. The van der Waals surface area contributed by atoms with Crippen molar-refractivity contribution in [2.75, 3.05) is 12.3 Å². The van der Waals surface area contributed by atoms with Crippen LogP contribution in [-0.2, 0) is 0 Å². The van der Waals surface area contributed by atoms with E-state index in [4.69, 9.17) is 5.73 Å². The average molecular weight is 220 g/mol. The number of rotatable bonds is 2. The third kappa shape index (κ3) is 3.57. The molecule has 0 atom stereocenters. The van der Waals surface area contributed by atoms with Crippen molar-refractivity contribution >= 4 is 11.6 Å². The first-order chi connectivity index (χ1) is 7.29. The Bertz CT molecular complexity index is 391. The second kappa shape index (κ2) is 4.56. The summed E-state index contributed by atoms with van der Waals surface area (Å²) in [5.74, 6) is -0.104. The summed E-state index contributed by atoms with van der Waals surface area (Å²) >= 11 is 0. The van der Waals surface area contributed by atoms with Crippen LogP contribution in [0, 0.1) is 12.3 Å². The van der Waals surface area contributed by atoms with Gasteiger partial charge >= 0.3 is 0 Å². The lowest BCUT2D eigenvalue weighted by Gasteiger charge is -2.19. The SMILES string of the molecule is Cc1ccc(C(=O)NCC(C)(C)C)c(N)c1. The molecule has 3 N–H and O–H groups in total. The van der Waals surface area contributed by atoms with E-state index in [0.717, 1.165) is 5.56 Å². The van der Waals surface area contributed by atoms with Gasteiger partial charge in [-0.05, 0) is 30.0 Å². The molecular weight excluding hydrogens is 200 g/mol. The number of anilines is 1. The van der Waals surface area contributed by atoms with Crippen molar-refractivity contribution in [2.45, 2.75) is 27.7 Å². The van der Waals surface area contributed by atoms with Gasteiger partial charge in [-0.15, -0.1) is 0 Å². The maximum absolute atomic E-state index is 11.8. The number of hydrogen-bond donors (Lipinski definition) is 2. The Balaban J connectivity index is 2.74. The number of nitrogens with two attached hydrogens (primary N) is 1. The topological polar surface area (TPSA) is 55.1 Å². The highest BCUT2D eigenvalue weighted by Crippen LogP contribution is 2.15.